The molecule has 4 heteroatoms. The number of allylic oxidation sites excluding steroid dienone is 5. The minimum atomic E-state index is 0.288. The van der Waals surface area contributed by atoms with Gasteiger partial charge in [0, 0.05) is 29.0 Å². The Balaban J connectivity index is 1.60. The summed E-state index contributed by atoms with van der Waals surface area (Å²) in [6.45, 7) is 0. The van der Waals surface area contributed by atoms with Gasteiger partial charge in [-0.2, -0.15) is 0 Å². The van der Waals surface area contributed by atoms with Crippen molar-refractivity contribution in [2.75, 3.05) is 7.11 Å². The highest BCUT2D eigenvalue weighted by molar-refractivity contribution is 7.09. The maximum atomic E-state index is 6.10. The molecule has 1 fully saturated rings. The predicted molar refractivity (Wildman–Crippen MR) is 102 cm³/mol. The average Bonchev–Trinajstić information content (AvgIpc) is 3.30. The zero-order valence-corrected chi connectivity index (χ0v) is 15.0. The Morgan fingerprint density at radius 1 is 1.20 bits per heavy atom. The first-order valence-corrected chi connectivity index (χ1v) is 9.49. The fourth-order valence-corrected chi connectivity index (χ4v) is 3.75. The third-order valence-electron chi connectivity index (χ3n) is 4.45. The van der Waals surface area contributed by atoms with Gasteiger partial charge in [-0.15, -0.1) is 11.3 Å². The van der Waals surface area contributed by atoms with E-state index >= 15 is 0 Å². The van der Waals surface area contributed by atoms with E-state index in [0.29, 0.717) is 12.0 Å². The highest BCUT2D eigenvalue weighted by Crippen LogP contribution is 2.38. The van der Waals surface area contributed by atoms with Crippen LogP contribution >= 0.6 is 11.3 Å². The summed E-state index contributed by atoms with van der Waals surface area (Å²) in [4.78, 5) is 4.49. The van der Waals surface area contributed by atoms with Crippen LogP contribution in [0.5, 0.6) is 11.5 Å². The third-order valence-corrected chi connectivity index (χ3v) is 5.33. The number of hydrogen-bond donors (Lipinski definition) is 0. The van der Waals surface area contributed by atoms with Gasteiger partial charge in [0.1, 0.15) is 5.01 Å². The van der Waals surface area contributed by atoms with Crippen molar-refractivity contribution in [1.82, 2.24) is 4.98 Å². The van der Waals surface area contributed by atoms with Gasteiger partial charge in [-0.3, -0.25) is 0 Å². The zero-order chi connectivity index (χ0) is 17.1. The third kappa shape index (κ3) is 3.69. The normalized spacial score (nSPS) is 22.4. The molecule has 1 heterocycles. The van der Waals surface area contributed by atoms with Gasteiger partial charge >= 0.3 is 0 Å². The fraction of sp³-hybridized carbons (Fsp3) is 0.286. The molecule has 0 saturated heterocycles. The molecular formula is C21H21NO2S. The first-order valence-electron chi connectivity index (χ1n) is 8.61. The quantitative estimate of drug-likeness (QED) is 0.714. The Hall–Kier alpha value is -2.33. The lowest BCUT2D eigenvalue weighted by Crippen LogP contribution is -2.08. The summed E-state index contributed by atoms with van der Waals surface area (Å²) in [5.41, 5.74) is 1.06. The number of methoxy groups -OCH3 is 1. The molecule has 3 nitrogen and oxygen atoms in total. The van der Waals surface area contributed by atoms with Gasteiger partial charge in [0.2, 0.25) is 0 Å². The number of para-hydroxylation sites is 1. The second-order valence-electron chi connectivity index (χ2n) is 6.30. The number of thiazole rings is 1. The minimum Gasteiger partial charge on any atom is -0.493 e. The maximum Gasteiger partial charge on any atom is 0.168 e. The summed E-state index contributed by atoms with van der Waals surface area (Å²) in [5, 5.41) is 3.18. The van der Waals surface area contributed by atoms with Crippen LogP contribution in [0.1, 0.15) is 29.3 Å². The van der Waals surface area contributed by atoms with Crippen LogP contribution in [-0.4, -0.2) is 18.2 Å². The second-order valence-corrected chi connectivity index (χ2v) is 7.22. The molecule has 1 saturated carbocycles. The topological polar surface area (TPSA) is 31.4 Å². The molecule has 0 radical (unpaired) electrons. The molecule has 2 unspecified atom stereocenters. The molecule has 0 amide bonds. The van der Waals surface area contributed by atoms with Crippen LogP contribution in [0, 0.1) is 5.92 Å². The fourth-order valence-electron chi connectivity index (χ4n) is 2.97. The highest BCUT2D eigenvalue weighted by atomic mass is 32.1. The van der Waals surface area contributed by atoms with Crippen molar-refractivity contribution in [3.8, 4) is 11.5 Å². The van der Waals surface area contributed by atoms with E-state index in [1.165, 1.54) is 0 Å². The lowest BCUT2D eigenvalue weighted by Gasteiger charge is -2.19. The van der Waals surface area contributed by atoms with Crippen molar-refractivity contribution < 1.29 is 9.47 Å². The second kappa shape index (κ2) is 7.28. The number of aromatic nitrogens is 1. The molecule has 2 aliphatic carbocycles. The summed E-state index contributed by atoms with van der Waals surface area (Å²) in [6, 6.07) is 6.04. The number of ether oxygens (including phenoxy) is 2. The van der Waals surface area contributed by atoms with Crippen molar-refractivity contribution in [2.45, 2.75) is 24.9 Å². The Kier molecular flexibility index (Phi) is 4.70. The van der Waals surface area contributed by atoms with Crippen LogP contribution in [0.2, 0.25) is 0 Å². The Bertz CT molecular complexity index is 803. The van der Waals surface area contributed by atoms with Gasteiger partial charge in [-0.05, 0) is 18.9 Å². The van der Waals surface area contributed by atoms with Gasteiger partial charge in [0.25, 0.3) is 0 Å². The molecule has 0 aliphatic heterocycles. The highest BCUT2D eigenvalue weighted by Gasteiger charge is 2.26. The van der Waals surface area contributed by atoms with Gasteiger partial charge in [0.15, 0.2) is 11.5 Å². The summed E-state index contributed by atoms with van der Waals surface area (Å²) < 4.78 is 11.6. The molecule has 2 atom stereocenters. The van der Waals surface area contributed by atoms with E-state index in [1.54, 1.807) is 18.4 Å². The summed E-state index contributed by atoms with van der Waals surface area (Å²) in [7, 11) is 1.69. The average molecular weight is 351 g/mol. The molecule has 4 rings (SSSR count). The molecule has 0 bridgehead atoms. The lowest BCUT2D eigenvalue weighted by molar-refractivity contribution is 0.281. The molecule has 1 aromatic carbocycles. The Morgan fingerprint density at radius 2 is 2.08 bits per heavy atom. The summed E-state index contributed by atoms with van der Waals surface area (Å²) in [6.07, 6.45) is 17.5. The van der Waals surface area contributed by atoms with Crippen molar-refractivity contribution in [2.24, 2.45) is 5.92 Å². The molecule has 0 spiro atoms. The van der Waals surface area contributed by atoms with E-state index in [4.69, 9.17) is 9.47 Å². The summed E-state index contributed by atoms with van der Waals surface area (Å²) >= 11 is 1.71. The van der Waals surface area contributed by atoms with E-state index in [1.807, 2.05) is 23.7 Å². The molecule has 0 N–H and O–H groups in total. The summed E-state index contributed by atoms with van der Waals surface area (Å²) in [5.74, 6) is 2.23. The van der Waals surface area contributed by atoms with Crippen LogP contribution in [-0.2, 0) is 0 Å². The van der Waals surface area contributed by atoms with Crippen molar-refractivity contribution >= 4 is 17.4 Å². The zero-order valence-electron chi connectivity index (χ0n) is 14.2. The van der Waals surface area contributed by atoms with Crippen molar-refractivity contribution in [1.29, 1.82) is 0 Å². The van der Waals surface area contributed by atoms with Crippen LogP contribution < -0.4 is 9.47 Å². The largest absolute Gasteiger partial charge is 0.493 e. The molecule has 1 aromatic heterocycles. The van der Waals surface area contributed by atoms with Gasteiger partial charge in [0.05, 0.1) is 13.2 Å². The number of nitrogens with zero attached hydrogens (tertiary/aromatic N) is 1. The van der Waals surface area contributed by atoms with E-state index in [2.05, 4.69) is 47.5 Å². The predicted octanol–water partition coefficient (Wildman–Crippen LogP) is 5.23. The monoisotopic (exact) mass is 351 g/mol. The number of hydrogen-bond acceptors (Lipinski definition) is 4. The van der Waals surface area contributed by atoms with Crippen LogP contribution in [0.25, 0.3) is 6.08 Å². The van der Waals surface area contributed by atoms with Crippen molar-refractivity contribution in [3.05, 3.63) is 70.7 Å². The van der Waals surface area contributed by atoms with Gasteiger partial charge in [-0.25, -0.2) is 4.98 Å². The van der Waals surface area contributed by atoms with Crippen LogP contribution in [0.15, 0.2) is 60.2 Å². The molecular weight excluding hydrogens is 330 g/mol. The minimum absolute atomic E-state index is 0.288. The van der Waals surface area contributed by atoms with Gasteiger partial charge in [-0.1, -0.05) is 48.6 Å². The maximum absolute atomic E-state index is 6.10. The molecule has 25 heavy (non-hydrogen) atoms. The van der Waals surface area contributed by atoms with E-state index in [-0.39, 0.29) is 5.92 Å². The molecule has 128 valence electrons. The molecule has 2 aromatic rings. The standard InChI is InChI=1S/C21H21NO2S/c1-23-19-8-4-6-16(20(19)24-17-11-12-17)10-9-15-5-2-3-7-18(15)21-22-13-14-25-21/h2-10,13-15,17-18H,11-12H2,1H3/b10-9+. The molecule has 2 aliphatic rings. The smallest absolute Gasteiger partial charge is 0.168 e. The first kappa shape index (κ1) is 16.2. The Labute approximate surface area is 152 Å². The van der Waals surface area contributed by atoms with Crippen LogP contribution in [0.3, 0.4) is 0 Å². The van der Waals surface area contributed by atoms with Gasteiger partial charge < -0.3 is 9.47 Å². The first-order chi connectivity index (χ1) is 12.3. The Morgan fingerprint density at radius 3 is 2.84 bits per heavy atom. The lowest BCUT2D eigenvalue weighted by atomic mass is 9.88. The van der Waals surface area contributed by atoms with E-state index in [9.17, 15) is 0 Å². The van der Waals surface area contributed by atoms with E-state index < -0.39 is 0 Å². The number of benzene rings is 1. The number of rotatable bonds is 6. The SMILES string of the molecule is COc1cccc(/C=C/C2C=CC=CC2c2nccs2)c1OC1CC1. The van der Waals surface area contributed by atoms with Crippen LogP contribution in [0.4, 0.5) is 0 Å². The van der Waals surface area contributed by atoms with Crippen molar-refractivity contribution in [3.63, 3.8) is 0 Å². The van der Waals surface area contributed by atoms with E-state index in [0.717, 1.165) is 34.9 Å².